The van der Waals surface area contributed by atoms with Gasteiger partial charge in [-0.1, -0.05) is 12.1 Å². The van der Waals surface area contributed by atoms with Gasteiger partial charge in [-0.2, -0.15) is 0 Å². The predicted molar refractivity (Wildman–Crippen MR) is 148 cm³/mol. The molecular weight excluding hydrogens is 604 g/mol. The number of phenols is 1. The number of primary amides is 1. The van der Waals surface area contributed by atoms with Gasteiger partial charge in [0, 0.05) is 0 Å². The number of carbonyl (C=O) groups is 4. The highest BCUT2D eigenvalue weighted by Gasteiger charge is 2.69. The van der Waals surface area contributed by atoms with Crippen LogP contribution in [0.25, 0.3) is 0 Å². The van der Waals surface area contributed by atoms with E-state index in [1.165, 1.54) is 44.1 Å². The van der Waals surface area contributed by atoms with Crippen molar-refractivity contribution in [1.29, 1.82) is 0 Å². The molecule has 0 heterocycles. The van der Waals surface area contributed by atoms with Gasteiger partial charge in [-0.25, -0.2) is 0 Å². The standard InChI is InChI=1S/C22H24N2O9.C6H12O6/c1-21(32)7-5-4-6-8(25)9(7)15(26)10-12(21)17(28)13-14(24(2)3)16(27)11(20(23)31)19(30)22(13,33)18(10)29;7-1-3(9)5(11)6(12)4(10)2-8/h4-6,12-14,17,25,27-29,32-33H,1-3H3,(H2,23,31);1,3-6,8-12H,2H2/t12-,13-,14+,17+,21-,22+;3-,4+,5+,6+/m10/s1. The van der Waals surface area contributed by atoms with Crippen LogP contribution in [-0.2, 0) is 20.0 Å². The van der Waals surface area contributed by atoms with Gasteiger partial charge in [-0.05, 0) is 32.6 Å². The molecule has 0 saturated heterocycles. The minimum Gasteiger partial charge on any atom is -0.510 e. The molecule has 0 bridgehead atoms. The van der Waals surface area contributed by atoms with Crippen LogP contribution in [-0.4, -0.2) is 148 Å². The van der Waals surface area contributed by atoms with Crippen LogP contribution in [0.2, 0.25) is 0 Å². The zero-order chi connectivity index (χ0) is 34.5. The third-order valence-corrected chi connectivity index (χ3v) is 8.46. The van der Waals surface area contributed by atoms with Gasteiger partial charge >= 0.3 is 0 Å². The van der Waals surface area contributed by atoms with E-state index in [0.717, 1.165) is 0 Å². The first-order chi connectivity index (χ1) is 20.7. The minimum absolute atomic E-state index is 0.0258. The maximum Gasteiger partial charge on any atom is 0.255 e. The van der Waals surface area contributed by atoms with E-state index >= 15 is 0 Å². The fourth-order valence-electron chi connectivity index (χ4n) is 6.22. The van der Waals surface area contributed by atoms with E-state index in [4.69, 9.17) is 31.3 Å². The van der Waals surface area contributed by atoms with Crippen molar-refractivity contribution in [3.05, 3.63) is 52.0 Å². The van der Waals surface area contributed by atoms with E-state index < -0.39 is 112 Å². The SMILES string of the molecule is CN(C)[C@@H]1C(O)=C(C(N)=O)C(=O)[C@@]2(O)C(O)=C3C(=O)c4c(O)cccc4[C@@](C)(O)[C@H]3[C@H](O)[C@@H]12.O=C[C@H](O)[C@@H](O)[C@H](O)[C@H](O)CO. The summed E-state index contributed by atoms with van der Waals surface area (Å²) in [4.78, 5) is 49.7. The van der Waals surface area contributed by atoms with E-state index in [1.54, 1.807) is 0 Å². The maximum absolute atomic E-state index is 13.3. The maximum atomic E-state index is 13.3. The predicted octanol–water partition coefficient (Wildman–Crippen LogP) is -4.62. The number of rotatable bonds is 7. The Hall–Kier alpha value is -3.78. The fraction of sp³-hybridized carbons (Fsp3) is 0.500. The molecule has 0 aliphatic heterocycles. The summed E-state index contributed by atoms with van der Waals surface area (Å²) >= 11 is 0. The highest BCUT2D eigenvalue weighted by Crippen LogP contribution is 2.56. The van der Waals surface area contributed by atoms with Gasteiger partial charge in [-0.3, -0.25) is 19.3 Å². The highest BCUT2D eigenvalue weighted by molar-refractivity contribution is 6.25. The molecule has 4 rings (SSSR count). The number of hydrogen-bond acceptors (Lipinski definition) is 16. The molecule has 3 aliphatic rings. The lowest BCUT2D eigenvalue weighted by Gasteiger charge is -2.55. The molecule has 0 unspecified atom stereocenters. The van der Waals surface area contributed by atoms with Crippen LogP contribution in [0, 0.1) is 11.8 Å². The van der Waals surface area contributed by atoms with Crippen LogP contribution < -0.4 is 5.73 Å². The Morgan fingerprint density at radius 1 is 1.07 bits per heavy atom. The number of Topliss-reactive ketones (excluding diaryl/α,β-unsaturated/α-hetero) is 2. The average Bonchev–Trinajstić information content (AvgIpc) is 2.97. The number of carbonyl (C=O) groups excluding carboxylic acids is 4. The molecule has 1 aromatic carbocycles. The number of aliphatic hydroxyl groups is 10. The Kier molecular flexibility index (Phi) is 9.95. The Morgan fingerprint density at radius 3 is 2.13 bits per heavy atom. The summed E-state index contributed by atoms with van der Waals surface area (Å²) in [6, 6.07) is 2.54. The van der Waals surface area contributed by atoms with Crippen LogP contribution in [0.3, 0.4) is 0 Å². The molecule has 248 valence electrons. The van der Waals surface area contributed by atoms with Gasteiger partial charge in [0.2, 0.25) is 5.78 Å². The number of likely N-dealkylation sites (N-methyl/N-ethyl adjacent to an activating group) is 1. The molecule has 10 atom stereocenters. The third-order valence-electron chi connectivity index (χ3n) is 8.46. The van der Waals surface area contributed by atoms with Crippen molar-refractivity contribution >= 4 is 23.8 Å². The monoisotopic (exact) mass is 640 g/mol. The summed E-state index contributed by atoms with van der Waals surface area (Å²) in [6.07, 6.45) is -8.71. The topological polar surface area (TPSA) is 320 Å². The summed E-state index contributed by atoms with van der Waals surface area (Å²) in [7, 11) is 2.85. The number of phenolic OH excluding ortho intramolecular Hbond substituents is 1. The Morgan fingerprint density at radius 2 is 1.64 bits per heavy atom. The van der Waals surface area contributed by atoms with E-state index in [0.29, 0.717) is 0 Å². The summed E-state index contributed by atoms with van der Waals surface area (Å²) < 4.78 is 0. The first-order valence-electron chi connectivity index (χ1n) is 13.4. The molecule has 1 aromatic rings. The molecule has 17 heteroatoms. The van der Waals surface area contributed by atoms with Gasteiger partial charge in [-0.15, -0.1) is 0 Å². The number of nitrogens with two attached hydrogens (primary N) is 1. The van der Waals surface area contributed by atoms with Crippen LogP contribution >= 0.6 is 0 Å². The van der Waals surface area contributed by atoms with E-state index in [9.17, 15) is 49.8 Å². The lowest BCUT2D eigenvalue weighted by molar-refractivity contribution is -0.173. The first-order valence-corrected chi connectivity index (χ1v) is 13.4. The Labute approximate surface area is 255 Å². The summed E-state index contributed by atoms with van der Waals surface area (Å²) in [5, 5.41) is 110. The quantitative estimate of drug-likeness (QED) is 0.0985. The van der Waals surface area contributed by atoms with Crippen LogP contribution in [0.15, 0.2) is 40.9 Å². The van der Waals surface area contributed by atoms with Gasteiger partial charge < -0.3 is 66.7 Å². The fourth-order valence-corrected chi connectivity index (χ4v) is 6.22. The number of aldehydes is 1. The molecule has 0 fully saturated rings. The van der Waals surface area contributed by atoms with Crippen molar-refractivity contribution in [3.63, 3.8) is 0 Å². The largest absolute Gasteiger partial charge is 0.510 e. The Balaban J connectivity index is 0.000000392. The second-order valence-corrected chi connectivity index (χ2v) is 11.4. The summed E-state index contributed by atoms with van der Waals surface area (Å²) in [5.41, 5.74) is -1.88. The van der Waals surface area contributed by atoms with Crippen LogP contribution in [0.5, 0.6) is 5.75 Å². The van der Waals surface area contributed by atoms with Crippen molar-refractivity contribution in [2.75, 3.05) is 20.7 Å². The lowest BCUT2D eigenvalue weighted by atomic mass is 9.54. The van der Waals surface area contributed by atoms with Gasteiger partial charge in [0.1, 0.15) is 47.3 Å². The van der Waals surface area contributed by atoms with Crippen molar-refractivity contribution in [2.45, 2.75) is 54.7 Å². The number of hydrogen-bond donors (Lipinski definition) is 12. The minimum atomic E-state index is -3.02. The van der Waals surface area contributed by atoms with E-state index in [1.807, 2.05) is 0 Å². The zero-order valence-corrected chi connectivity index (χ0v) is 24.2. The molecule has 0 spiro atoms. The zero-order valence-electron chi connectivity index (χ0n) is 24.2. The second-order valence-electron chi connectivity index (χ2n) is 11.4. The Bertz CT molecular complexity index is 1450. The molecule has 13 N–H and O–H groups in total. The smallest absolute Gasteiger partial charge is 0.255 e. The molecule has 3 aliphatic carbocycles. The first kappa shape index (κ1) is 35.7. The summed E-state index contributed by atoms with van der Waals surface area (Å²) in [5.74, 6) is -9.66. The highest BCUT2D eigenvalue weighted by atomic mass is 16.4. The molecule has 0 aromatic heterocycles. The number of fused-ring (bicyclic) bond motifs is 3. The number of nitrogens with zero attached hydrogens (tertiary/aromatic N) is 1. The summed E-state index contributed by atoms with van der Waals surface area (Å²) in [6.45, 7) is 0.493. The number of aromatic hydroxyl groups is 1. The van der Waals surface area contributed by atoms with Crippen molar-refractivity contribution < 1.29 is 75.3 Å². The van der Waals surface area contributed by atoms with E-state index in [2.05, 4.69) is 0 Å². The normalized spacial score (nSPS) is 32.0. The molecular formula is C28H36N2O15. The van der Waals surface area contributed by atoms with Crippen molar-refractivity contribution in [3.8, 4) is 5.75 Å². The number of amides is 1. The van der Waals surface area contributed by atoms with E-state index in [-0.39, 0.29) is 17.4 Å². The van der Waals surface area contributed by atoms with Gasteiger partial charge in [0.15, 0.2) is 17.7 Å². The average molecular weight is 641 g/mol. The van der Waals surface area contributed by atoms with Crippen molar-refractivity contribution in [2.24, 2.45) is 17.6 Å². The van der Waals surface area contributed by atoms with Gasteiger partial charge in [0.05, 0.1) is 47.3 Å². The lowest BCUT2D eigenvalue weighted by Crippen LogP contribution is -2.70. The third kappa shape index (κ3) is 5.41. The number of benzene rings is 1. The molecule has 0 saturated carbocycles. The number of aliphatic hydroxyl groups excluding tert-OH is 8. The number of ketones is 2. The van der Waals surface area contributed by atoms with Gasteiger partial charge in [0.25, 0.3) is 5.91 Å². The molecule has 1 amide bonds. The van der Waals surface area contributed by atoms with Crippen LogP contribution in [0.4, 0.5) is 0 Å². The molecule has 45 heavy (non-hydrogen) atoms. The molecule has 0 radical (unpaired) electrons. The van der Waals surface area contributed by atoms with Crippen molar-refractivity contribution in [1.82, 2.24) is 4.90 Å². The second kappa shape index (κ2) is 12.5. The van der Waals surface area contributed by atoms with Crippen LogP contribution in [0.1, 0.15) is 22.8 Å². The molecule has 17 nitrogen and oxygen atoms in total.